The molecule has 114 valence electrons. The lowest BCUT2D eigenvalue weighted by Gasteiger charge is -2.01. The molecule has 3 rings (SSSR count). The van der Waals surface area contributed by atoms with Crippen molar-refractivity contribution in [3.8, 4) is 0 Å². The molecule has 0 aliphatic carbocycles. The second-order valence-electron chi connectivity index (χ2n) is 4.92. The number of carbonyl (C=O) groups is 1. The number of benzene rings is 2. The smallest absolute Gasteiger partial charge is 0.360 e. The standard InChI is InChI=1S/C19H15NO3/c21-19(22-14-16-9-5-2-6-10-16)18-13-17(23-20-18)12-11-15-7-3-1-4-8-15/h1-13H,14H2/b12-11+. The quantitative estimate of drug-likeness (QED) is 0.663. The number of ether oxygens (including phenoxy) is 1. The number of rotatable bonds is 5. The Morgan fingerprint density at radius 1 is 1.00 bits per heavy atom. The Hall–Kier alpha value is -3.14. The van der Waals surface area contributed by atoms with Crippen LogP contribution in [-0.2, 0) is 11.3 Å². The number of hydrogen-bond donors (Lipinski definition) is 0. The zero-order valence-corrected chi connectivity index (χ0v) is 12.4. The maximum atomic E-state index is 11.9. The van der Waals surface area contributed by atoms with Crippen LogP contribution in [0.3, 0.4) is 0 Å². The lowest BCUT2D eigenvalue weighted by molar-refractivity contribution is 0.0461. The Bertz CT molecular complexity index is 792. The summed E-state index contributed by atoms with van der Waals surface area (Å²) >= 11 is 0. The maximum Gasteiger partial charge on any atom is 0.360 e. The molecule has 3 aromatic rings. The molecule has 0 unspecified atom stereocenters. The molecule has 0 N–H and O–H groups in total. The van der Waals surface area contributed by atoms with E-state index < -0.39 is 5.97 Å². The van der Waals surface area contributed by atoms with Gasteiger partial charge in [0.2, 0.25) is 0 Å². The van der Waals surface area contributed by atoms with E-state index in [1.807, 2.05) is 66.7 Å². The molecule has 4 heteroatoms. The van der Waals surface area contributed by atoms with Crippen molar-refractivity contribution in [2.45, 2.75) is 6.61 Å². The average Bonchev–Trinajstić information content (AvgIpc) is 3.09. The van der Waals surface area contributed by atoms with Gasteiger partial charge in [-0.3, -0.25) is 0 Å². The first-order valence-corrected chi connectivity index (χ1v) is 7.22. The first-order chi connectivity index (χ1) is 11.3. The highest BCUT2D eigenvalue weighted by molar-refractivity contribution is 5.87. The van der Waals surface area contributed by atoms with E-state index in [9.17, 15) is 4.79 Å². The van der Waals surface area contributed by atoms with Gasteiger partial charge >= 0.3 is 5.97 Å². The van der Waals surface area contributed by atoms with Crippen molar-refractivity contribution < 1.29 is 14.1 Å². The van der Waals surface area contributed by atoms with Crippen LogP contribution in [0.2, 0.25) is 0 Å². The summed E-state index contributed by atoms with van der Waals surface area (Å²) in [5.74, 6) is -0.00233. The Balaban J connectivity index is 1.60. The van der Waals surface area contributed by atoms with E-state index in [0.29, 0.717) is 5.76 Å². The Labute approximate surface area is 134 Å². The molecule has 2 aromatic carbocycles. The highest BCUT2D eigenvalue weighted by Crippen LogP contribution is 2.11. The molecule has 0 saturated heterocycles. The molecule has 0 fully saturated rings. The highest BCUT2D eigenvalue weighted by atomic mass is 16.5. The summed E-state index contributed by atoms with van der Waals surface area (Å²) in [5, 5.41) is 3.74. The first kappa shape index (κ1) is 14.8. The van der Waals surface area contributed by atoms with Gasteiger partial charge in [0.25, 0.3) is 0 Å². The lowest BCUT2D eigenvalue weighted by Crippen LogP contribution is -2.05. The molecule has 0 amide bonds. The van der Waals surface area contributed by atoms with Gasteiger partial charge < -0.3 is 9.26 Å². The molecule has 0 bridgehead atoms. The van der Waals surface area contributed by atoms with Gasteiger partial charge in [-0.15, -0.1) is 0 Å². The number of hydrogen-bond acceptors (Lipinski definition) is 4. The van der Waals surface area contributed by atoms with Crippen molar-refractivity contribution in [2.75, 3.05) is 0 Å². The van der Waals surface area contributed by atoms with Crippen LogP contribution in [-0.4, -0.2) is 11.1 Å². The summed E-state index contributed by atoms with van der Waals surface area (Å²) < 4.78 is 10.3. The fraction of sp³-hybridized carbons (Fsp3) is 0.0526. The molecule has 0 aliphatic heterocycles. The predicted octanol–water partition coefficient (Wildman–Crippen LogP) is 4.20. The lowest BCUT2D eigenvalue weighted by atomic mass is 10.2. The summed E-state index contributed by atoms with van der Waals surface area (Å²) in [4.78, 5) is 11.9. The van der Waals surface area contributed by atoms with E-state index in [1.165, 1.54) is 0 Å². The monoisotopic (exact) mass is 305 g/mol. The zero-order valence-electron chi connectivity index (χ0n) is 12.4. The van der Waals surface area contributed by atoms with Gasteiger partial charge in [0, 0.05) is 6.07 Å². The Morgan fingerprint density at radius 3 is 2.43 bits per heavy atom. The molecule has 4 nitrogen and oxygen atoms in total. The van der Waals surface area contributed by atoms with Gasteiger partial charge in [-0.25, -0.2) is 4.79 Å². The Kier molecular flexibility index (Phi) is 4.64. The molecule has 1 aromatic heterocycles. The molecule has 23 heavy (non-hydrogen) atoms. The summed E-state index contributed by atoms with van der Waals surface area (Å²) in [7, 11) is 0. The summed E-state index contributed by atoms with van der Waals surface area (Å²) in [5.41, 5.74) is 2.12. The second-order valence-corrected chi connectivity index (χ2v) is 4.92. The third-order valence-corrected chi connectivity index (χ3v) is 3.19. The fourth-order valence-electron chi connectivity index (χ4n) is 2.00. The normalized spacial score (nSPS) is 10.8. The predicted molar refractivity (Wildman–Crippen MR) is 87.4 cm³/mol. The number of esters is 1. The van der Waals surface area contributed by atoms with E-state index in [-0.39, 0.29) is 12.3 Å². The molecular formula is C19H15NO3. The zero-order chi connectivity index (χ0) is 15.9. The van der Waals surface area contributed by atoms with E-state index in [0.717, 1.165) is 11.1 Å². The highest BCUT2D eigenvalue weighted by Gasteiger charge is 2.13. The average molecular weight is 305 g/mol. The SMILES string of the molecule is O=C(OCc1ccccc1)c1cc(/C=C/c2ccccc2)on1. The summed E-state index contributed by atoms with van der Waals surface area (Å²) in [6.07, 6.45) is 3.65. The largest absolute Gasteiger partial charge is 0.456 e. The third kappa shape index (κ3) is 4.17. The minimum absolute atomic E-state index is 0.161. The van der Waals surface area contributed by atoms with Crippen molar-refractivity contribution in [1.82, 2.24) is 5.16 Å². The van der Waals surface area contributed by atoms with Gasteiger partial charge in [-0.2, -0.15) is 0 Å². The number of aromatic nitrogens is 1. The first-order valence-electron chi connectivity index (χ1n) is 7.22. The molecule has 0 aliphatic rings. The summed E-state index contributed by atoms with van der Waals surface area (Å²) in [6.45, 7) is 0.210. The van der Waals surface area contributed by atoms with Crippen LogP contribution in [0.4, 0.5) is 0 Å². The van der Waals surface area contributed by atoms with E-state index in [4.69, 9.17) is 9.26 Å². The van der Waals surface area contributed by atoms with Crippen molar-refractivity contribution in [1.29, 1.82) is 0 Å². The van der Waals surface area contributed by atoms with Crippen LogP contribution in [0.25, 0.3) is 12.2 Å². The van der Waals surface area contributed by atoms with Crippen LogP contribution in [0.5, 0.6) is 0 Å². The van der Waals surface area contributed by atoms with Crippen LogP contribution >= 0.6 is 0 Å². The van der Waals surface area contributed by atoms with Gasteiger partial charge in [-0.05, 0) is 17.2 Å². The molecule has 0 atom stereocenters. The van der Waals surface area contributed by atoms with Gasteiger partial charge in [0.05, 0.1) is 0 Å². The van der Waals surface area contributed by atoms with E-state index >= 15 is 0 Å². The van der Waals surface area contributed by atoms with Crippen molar-refractivity contribution >= 4 is 18.1 Å². The number of carbonyl (C=O) groups excluding carboxylic acids is 1. The van der Waals surface area contributed by atoms with Crippen molar-refractivity contribution in [3.63, 3.8) is 0 Å². The molecule has 0 spiro atoms. The fourth-order valence-corrected chi connectivity index (χ4v) is 2.00. The third-order valence-electron chi connectivity index (χ3n) is 3.19. The second kappa shape index (κ2) is 7.22. The van der Waals surface area contributed by atoms with E-state index in [2.05, 4.69) is 5.16 Å². The molecule has 1 heterocycles. The Morgan fingerprint density at radius 2 is 1.70 bits per heavy atom. The summed E-state index contributed by atoms with van der Waals surface area (Å²) in [6, 6.07) is 20.8. The molecule has 0 saturated carbocycles. The topological polar surface area (TPSA) is 52.3 Å². The van der Waals surface area contributed by atoms with Crippen LogP contribution in [0.15, 0.2) is 71.3 Å². The van der Waals surface area contributed by atoms with Crippen LogP contribution < -0.4 is 0 Å². The van der Waals surface area contributed by atoms with Gasteiger partial charge in [-0.1, -0.05) is 71.9 Å². The number of nitrogens with zero attached hydrogens (tertiary/aromatic N) is 1. The van der Waals surface area contributed by atoms with Crippen molar-refractivity contribution in [3.05, 3.63) is 89.3 Å². The van der Waals surface area contributed by atoms with Crippen LogP contribution in [0.1, 0.15) is 27.4 Å². The van der Waals surface area contributed by atoms with Gasteiger partial charge in [0.1, 0.15) is 6.61 Å². The minimum atomic E-state index is -0.503. The van der Waals surface area contributed by atoms with Crippen LogP contribution in [0, 0.1) is 0 Å². The minimum Gasteiger partial charge on any atom is -0.456 e. The van der Waals surface area contributed by atoms with Gasteiger partial charge in [0.15, 0.2) is 11.5 Å². The maximum absolute atomic E-state index is 11.9. The molecular weight excluding hydrogens is 290 g/mol. The van der Waals surface area contributed by atoms with E-state index in [1.54, 1.807) is 12.1 Å². The van der Waals surface area contributed by atoms with Crippen molar-refractivity contribution in [2.24, 2.45) is 0 Å². The molecule has 0 radical (unpaired) electrons.